The molecule has 134 valence electrons. The van der Waals surface area contributed by atoms with Crippen LogP contribution < -0.4 is 5.32 Å². The third kappa shape index (κ3) is 3.50. The van der Waals surface area contributed by atoms with Crippen molar-refractivity contribution in [2.75, 3.05) is 0 Å². The van der Waals surface area contributed by atoms with E-state index in [9.17, 15) is 4.79 Å². The zero-order valence-electron chi connectivity index (χ0n) is 14.6. The van der Waals surface area contributed by atoms with Crippen LogP contribution in [0.1, 0.15) is 42.3 Å². The number of hydrogen-bond donors (Lipinski definition) is 1. The molecule has 1 amide bonds. The van der Waals surface area contributed by atoms with Crippen molar-refractivity contribution in [2.24, 2.45) is 0 Å². The lowest BCUT2D eigenvalue weighted by molar-refractivity contribution is -0.123. The van der Waals surface area contributed by atoms with Gasteiger partial charge < -0.3 is 5.32 Å². The predicted molar refractivity (Wildman–Crippen MR) is 98.5 cm³/mol. The molecule has 8 heteroatoms. The number of aromatic nitrogens is 5. The number of rotatable bonds is 4. The van der Waals surface area contributed by atoms with Crippen molar-refractivity contribution in [2.45, 2.75) is 45.2 Å². The third-order valence-electron chi connectivity index (χ3n) is 4.56. The zero-order chi connectivity index (χ0) is 17.9. The molecule has 1 aromatic carbocycles. The Bertz CT molecular complexity index is 918. The van der Waals surface area contributed by atoms with Crippen LogP contribution in [0.2, 0.25) is 0 Å². The fourth-order valence-corrected chi connectivity index (χ4v) is 4.02. The molecule has 2 aromatic heterocycles. The monoisotopic (exact) mass is 368 g/mol. The Hall–Kier alpha value is -2.61. The Balaban J connectivity index is 1.43. The van der Waals surface area contributed by atoms with Crippen LogP contribution >= 0.6 is 11.3 Å². The summed E-state index contributed by atoms with van der Waals surface area (Å²) in [4.78, 5) is 17.3. The Morgan fingerprint density at radius 3 is 3.19 bits per heavy atom. The van der Waals surface area contributed by atoms with E-state index in [4.69, 9.17) is 0 Å². The summed E-state index contributed by atoms with van der Waals surface area (Å²) in [6.45, 7) is 3.26. The summed E-state index contributed by atoms with van der Waals surface area (Å²) < 4.78 is 1.75. The number of nitrogens with one attached hydrogen (secondary N) is 1. The van der Waals surface area contributed by atoms with E-state index in [1.807, 2.05) is 11.4 Å². The number of aryl methyl sites for hydroxylation is 2. The van der Waals surface area contributed by atoms with Crippen LogP contribution in [0.4, 0.5) is 0 Å². The van der Waals surface area contributed by atoms with Crippen LogP contribution in [0, 0.1) is 6.92 Å². The molecule has 0 saturated heterocycles. The van der Waals surface area contributed by atoms with Crippen molar-refractivity contribution in [3.63, 3.8) is 0 Å². The van der Waals surface area contributed by atoms with Crippen LogP contribution in [0.25, 0.3) is 10.6 Å². The van der Waals surface area contributed by atoms with E-state index in [2.05, 4.69) is 50.9 Å². The Labute approximate surface area is 155 Å². The lowest BCUT2D eigenvalue weighted by Crippen LogP contribution is -2.30. The lowest BCUT2D eigenvalue weighted by Gasteiger charge is -2.12. The summed E-state index contributed by atoms with van der Waals surface area (Å²) in [5.41, 5.74) is 3.18. The maximum absolute atomic E-state index is 12.7. The molecule has 1 aliphatic rings. The molecule has 0 fully saturated rings. The van der Waals surface area contributed by atoms with Crippen LogP contribution in [0.15, 0.2) is 29.6 Å². The third-order valence-corrected chi connectivity index (χ3v) is 5.50. The van der Waals surface area contributed by atoms with Gasteiger partial charge in [-0.1, -0.05) is 30.2 Å². The molecule has 0 radical (unpaired) electrons. The molecule has 0 bridgehead atoms. The standard InChI is InChI=1S/C18H20N6OS/c1-12-5-4-6-13(9-12)18-20-14(11-26-18)10-19-17(25)15-7-2-3-8-24-16(15)21-22-23-24/h4-6,9,11,15H,2-3,7-8,10H2,1H3,(H,19,25)/t15-/m0/s1. The highest BCUT2D eigenvalue weighted by atomic mass is 32.1. The molecule has 0 unspecified atom stereocenters. The number of fused-ring (bicyclic) bond motifs is 1. The number of amides is 1. The Morgan fingerprint density at radius 2 is 2.31 bits per heavy atom. The fourth-order valence-electron chi connectivity index (χ4n) is 3.21. The van der Waals surface area contributed by atoms with Gasteiger partial charge in [-0.2, -0.15) is 0 Å². The molecule has 26 heavy (non-hydrogen) atoms. The van der Waals surface area contributed by atoms with E-state index in [0.29, 0.717) is 12.4 Å². The van der Waals surface area contributed by atoms with Gasteiger partial charge in [0.2, 0.25) is 5.91 Å². The second-order valence-electron chi connectivity index (χ2n) is 6.54. The first-order valence-electron chi connectivity index (χ1n) is 8.76. The van der Waals surface area contributed by atoms with Crippen molar-refractivity contribution in [1.29, 1.82) is 0 Å². The fraction of sp³-hybridized carbons (Fsp3) is 0.389. The number of hydrogen-bond acceptors (Lipinski definition) is 6. The minimum absolute atomic E-state index is 0.0342. The van der Waals surface area contributed by atoms with E-state index < -0.39 is 0 Å². The summed E-state index contributed by atoms with van der Waals surface area (Å²) in [7, 11) is 0. The highest BCUT2D eigenvalue weighted by Gasteiger charge is 2.28. The Kier molecular flexibility index (Phi) is 4.75. The van der Waals surface area contributed by atoms with Gasteiger partial charge >= 0.3 is 0 Å². The lowest BCUT2D eigenvalue weighted by atomic mass is 10.0. The maximum atomic E-state index is 12.7. The van der Waals surface area contributed by atoms with Crippen LogP contribution in [0.5, 0.6) is 0 Å². The molecule has 1 N–H and O–H groups in total. The van der Waals surface area contributed by atoms with E-state index >= 15 is 0 Å². The number of tetrazole rings is 1. The van der Waals surface area contributed by atoms with E-state index in [1.165, 1.54) is 5.56 Å². The van der Waals surface area contributed by atoms with Crippen LogP contribution in [-0.4, -0.2) is 31.1 Å². The average Bonchev–Trinajstić information content (AvgIpc) is 3.26. The van der Waals surface area contributed by atoms with Crippen molar-refractivity contribution >= 4 is 17.2 Å². The quantitative estimate of drug-likeness (QED) is 0.765. The average molecular weight is 368 g/mol. The Morgan fingerprint density at radius 1 is 1.38 bits per heavy atom. The molecular weight excluding hydrogens is 348 g/mol. The van der Waals surface area contributed by atoms with Gasteiger partial charge in [0.1, 0.15) is 5.01 Å². The molecule has 0 aliphatic carbocycles. The van der Waals surface area contributed by atoms with Gasteiger partial charge in [-0.25, -0.2) is 9.67 Å². The molecule has 1 aliphatic heterocycles. The molecule has 3 aromatic rings. The van der Waals surface area contributed by atoms with Crippen LogP contribution in [-0.2, 0) is 17.9 Å². The topological polar surface area (TPSA) is 85.6 Å². The molecule has 7 nitrogen and oxygen atoms in total. The van der Waals surface area contributed by atoms with Gasteiger partial charge in [-0.15, -0.1) is 16.4 Å². The van der Waals surface area contributed by atoms with Crippen molar-refractivity contribution < 1.29 is 4.79 Å². The molecule has 1 atom stereocenters. The number of benzene rings is 1. The van der Waals surface area contributed by atoms with E-state index in [-0.39, 0.29) is 11.8 Å². The van der Waals surface area contributed by atoms with E-state index in [1.54, 1.807) is 16.0 Å². The van der Waals surface area contributed by atoms with Gasteiger partial charge in [0.25, 0.3) is 0 Å². The number of carbonyl (C=O) groups excluding carboxylic acids is 1. The second kappa shape index (κ2) is 7.33. The van der Waals surface area contributed by atoms with Gasteiger partial charge in [-0.05, 0) is 36.3 Å². The van der Waals surface area contributed by atoms with Crippen LogP contribution in [0.3, 0.4) is 0 Å². The first kappa shape index (κ1) is 16.8. The summed E-state index contributed by atoms with van der Waals surface area (Å²) >= 11 is 1.59. The molecule has 0 spiro atoms. The summed E-state index contributed by atoms with van der Waals surface area (Å²) in [5, 5.41) is 17.7. The number of thiazole rings is 1. The SMILES string of the molecule is Cc1cccc(-c2nc(CNC(=O)[C@H]3CCCCn4nnnc43)cs2)c1. The van der Waals surface area contributed by atoms with Gasteiger partial charge in [-0.3, -0.25) is 4.79 Å². The van der Waals surface area contributed by atoms with Gasteiger partial charge in [0.05, 0.1) is 18.2 Å². The first-order valence-corrected chi connectivity index (χ1v) is 9.64. The summed E-state index contributed by atoms with van der Waals surface area (Å²) in [5.74, 6) is 0.342. The predicted octanol–water partition coefficient (Wildman–Crippen LogP) is 2.69. The molecule has 3 heterocycles. The highest BCUT2D eigenvalue weighted by molar-refractivity contribution is 7.13. The van der Waals surface area contributed by atoms with E-state index in [0.717, 1.165) is 42.1 Å². The minimum Gasteiger partial charge on any atom is -0.350 e. The highest BCUT2D eigenvalue weighted by Crippen LogP contribution is 2.26. The normalized spacial score (nSPS) is 16.7. The zero-order valence-corrected chi connectivity index (χ0v) is 15.4. The number of carbonyl (C=O) groups is 1. The van der Waals surface area contributed by atoms with Gasteiger partial charge in [0.15, 0.2) is 5.82 Å². The minimum atomic E-state index is -0.289. The molecular formula is C18H20N6OS. The summed E-state index contributed by atoms with van der Waals surface area (Å²) in [6.07, 6.45) is 2.75. The summed E-state index contributed by atoms with van der Waals surface area (Å²) in [6, 6.07) is 8.27. The smallest absolute Gasteiger partial charge is 0.231 e. The molecule has 4 rings (SSSR count). The maximum Gasteiger partial charge on any atom is 0.231 e. The largest absolute Gasteiger partial charge is 0.350 e. The van der Waals surface area contributed by atoms with Crippen molar-refractivity contribution in [3.05, 3.63) is 46.7 Å². The second-order valence-corrected chi connectivity index (χ2v) is 7.40. The molecule has 0 saturated carbocycles. The number of nitrogens with zero attached hydrogens (tertiary/aromatic N) is 5. The van der Waals surface area contributed by atoms with Crippen molar-refractivity contribution in [3.8, 4) is 10.6 Å². The first-order chi connectivity index (χ1) is 12.7. The van der Waals surface area contributed by atoms with Crippen molar-refractivity contribution in [1.82, 2.24) is 30.5 Å². The van der Waals surface area contributed by atoms with Gasteiger partial charge in [0, 0.05) is 17.5 Å².